The second-order valence-corrected chi connectivity index (χ2v) is 6.54. The van der Waals surface area contributed by atoms with Gasteiger partial charge in [-0.05, 0) is 28.1 Å². The van der Waals surface area contributed by atoms with Gasteiger partial charge in [0.1, 0.15) is 18.3 Å². The highest BCUT2D eigenvalue weighted by Gasteiger charge is 2.48. The van der Waals surface area contributed by atoms with E-state index in [0.29, 0.717) is 20.4 Å². The van der Waals surface area contributed by atoms with Gasteiger partial charge in [-0.15, -0.1) is 0 Å². The first-order chi connectivity index (χ1) is 11.3. The Morgan fingerprint density at radius 1 is 1.25 bits per heavy atom. The fourth-order valence-corrected chi connectivity index (χ4v) is 3.02. The van der Waals surface area contributed by atoms with E-state index in [1.54, 1.807) is 18.2 Å². The van der Waals surface area contributed by atoms with Crippen molar-refractivity contribution in [3.63, 3.8) is 0 Å². The Morgan fingerprint density at radius 3 is 2.62 bits per heavy atom. The zero-order valence-electron chi connectivity index (χ0n) is 11.9. The van der Waals surface area contributed by atoms with Gasteiger partial charge in [0.25, 0.3) is 0 Å². The molecule has 24 heavy (non-hydrogen) atoms. The summed E-state index contributed by atoms with van der Waals surface area (Å²) in [6.07, 6.45) is -8.35. The van der Waals surface area contributed by atoms with Crippen LogP contribution in [0.3, 0.4) is 0 Å². The van der Waals surface area contributed by atoms with Gasteiger partial charge >= 0.3 is 5.97 Å². The van der Waals surface area contributed by atoms with Crippen LogP contribution in [-0.2, 0) is 9.53 Å². The third kappa shape index (κ3) is 2.99. The Bertz CT molecular complexity index is 782. The number of benzene rings is 1. The monoisotopic (exact) mass is 421 g/mol. The highest BCUT2D eigenvalue weighted by molar-refractivity contribution is 9.10. The standard InChI is InChI=1S/C14H13BrClNO7/c15-5-1-2-6-4(8(5)16)3-7(17-6)23-14-11(20)9(18)10(19)12(24-14)13(21)22/h1-3,9-12,14,17-20H,(H,21,22)/t9-,10-,11+,12-,14?/m0/s1. The Labute approximate surface area is 148 Å². The summed E-state index contributed by atoms with van der Waals surface area (Å²) in [6.45, 7) is 0. The molecule has 1 fully saturated rings. The number of nitrogens with one attached hydrogen (secondary N) is 1. The van der Waals surface area contributed by atoms with Crippen molar-refractivity contribution < 1.29 is 34.7 Å². The molecule has 5 atom stereocenters. The Balaban J connectivity index is 1.87. The number of ether oxygens (including phenoxy) is 2. The van der Waals surface area contributed by atoms with Crippen molar-refractivity contribution in [3.05, 3.63) is 27.7 Å². The van der Waals surface area contributed by atoms with Gasteiger partial charge in [-0.3, -0.25) is 0 Å². The van der Waals surface area contributed by atoms with Gasteiger partial charge in [-0.25, -0.2) is 4.79 Å². The molecule has 0 aliphatic carbocycles. The lowest BCUT2D eigenvalue weighted by atomic mass is 9.99. The molecule has 0 radical (unpaired) electrons. The topological polar surface area (TPSA) is 132 Å². The predicted molar refractivity (Wildman–Crippen MR) is 86.0 cm³/mol. The number of aromatic amines is 1. The van der Waals surface area contributed by atoms with E-state index in [1.807, 2.05) is 0 Å². The number of aliphatic carboxylic acids is 1. The summed E-state index contributed by atoms with van der Waals surface area (Å²) in [5.74, 6) is -1.33. The Kier molecular flexibility index (Phi) is 4.73. The van der Waals surface area contributed by atoms with Gasteiger partial charge < -0.3 is 34.9 Å². The van der Waals surface area contributed by atoms with E-state index in [1.165, 1.54) is 0 Å². The maximum absolute atomic E-state index is 11.1. The number of rotatable bonds is 3. The lowest BCUT2D eigenvalue weighted by Gasteiger charge is -2.38. The first-order valence-electron chi connectivity index (χ1n) is 6.85. The summed E-state index contributed by atoms with van der Waals surface area (Å²) >= 11 is 9.46. The smallest absolute Gasteiger partial charge is 0.335 e. The van der Waals surface area contributed by atoms with Gasteiger partial charge in [0.2, 0.25) is 6.29 Å². The van der Waals surface area contributed by atoms with Gasteiger partial charge in [0.05, 0.1) is 5.02 Å². The summed E-state index contributed by atoms with van der Waals surface area (Å²) in [4.78, 5) is 14.0. The molecule has 5 N–H and O–H groups in total. The molecule has 1 aromatic carbocycles. The molecule has 1 aliphatic rings. The highest BCUT2D eigenvalue weighted by Crippen LogP contribution is 2.34. The molecule has 8 nitrogen and oxygen atoms in total. The lowest BCUT2D eigenvalue weighted by Crippen LogP contribution is -2.61. The molecular weight excluding hydrogens is 410 g/mol. The van der Waals surface area contributed by atoms with Crippen molar-refractivity contribution in [2.45, 2.75) is 30.7 Å². The second kappa shape index (κ2) is 6.51. The zero-order chi connectivity index (χ0) is 17.6. The van der Waals surface area contributed by atoms with Crippen molar-refractivity contribution in [1.29, 1.82) is 0 Å². The van der Waals surface area contributed by atoms with Crippen molar-refractivity contribution in [3.8, 4) is 5.88 Å². The highest BCUT2D eigenvalue weighted by atomic mass is 79.9. The van der Waals surface area contributed by atoms with E-state index in [9.17, 15) is 20.1 Å². The number of H-pyrrole nitrogens is 1. The number of aromatic nitrogens is 1. The third-order valence-electron chi connectivity index (χ3n) is 3.72. The van der Waals surface area contributed by atoms with Gasteiger partial charge in [0, 0.05) is 21.4 Å². The van der Waals surface area contributed by atoms with Crippen molar-refractivity contribution in [2.75, 3.05) is 0 Å². The minimum Gasteiger partial charge on any atom is -0.479 e. The molecule has 2 aromatic rings. The lowest BCUT2D eigenvalue weighted by molar-refractivity contribution is -0.271. The summed E-state index contributed by atoms with van der Waals surface area (Å²) in [5, 5.41) is 39.5. The van der Waals surface area contributed by atoms with Crippen molar-refractivity contribution in [2.24, 2.45) is 0 Å². The molecule has 0 bridgehead atoms. The van der Waals surface area contributed by atoms with Gasteiger partial charge in [-0.1, -0.05) is 11.6 Å². The van der Waals surface area contributed by atoms with Crippen LogP contribution < -0.4 is 4.74 Å². The first kappa shape index (κ1) is 17.5. The largest absolute Gasteiger partial charge is 0.479 e. The van der Waals surface area contributed by atoms with Crippen LogP contribution in [-0.4, -0.2) is 62.1 Å². The number of halogens is 2. The fraction of sp³-hybridized carbons (Fsp3) is 0.357. The number of carboxylic acids is 1. The number of hydrogen-bond acceptors (Lipinski definition) is 6. The molecule has 3 rings (SSSR count). The third-order valence-corrected chi connectivity index (χ3v) is 5.02. The van der Waals surface area contributed by atoms with E-state index in [2.05, 4.69) is 20.9 Å². The Hall–Kier alpha value is -1.36. The minimum absolute atomic E-state index is 0.154. The molecule has 1 aromatic heterocycles. The predicted octanol–water partition coefficient (Wildman–Crippen LogP) is 0.855. The van der Waals surface area contributed by atoms with Crippen molar-refractivity contribution >= 4 is 44.4 Å². The molecule has 1 unspecified atom stereocenters. The summed E-state index contributed by atoms with van der Waals surface area (Å²) in [7, 11) is 0. The van der Waals surface area contributed by atoms with Crippen LogP contribution >= 0.6 is 27.5 Å². The number of hydrogen-bond donors (Lipinski definition) is 5. The molecule has 1 saturated heterocycles. The van der Waals surface area contributed by atoms with Crippen LogP contribution in [0.25, 0.3) is 10.9 Å². The average Bonchev–Trinajstić information content (AvgIpc) is 2.94. The molecular formula is C14H13BrClNO7. The molecule has 0 amide bonds. The molecule has 130 valence electrons. The zero-order valence-corrected chi connectivity index (χ0v) is 14.2. The van der Waals surface area contributed by atoms with Gasteiger partial charge in [-0.2, -0.15) is 0 Å². The maximum Gasteiger partial charge on any atom is 0.335 e. The summed E-state index contributed by atoms with van der Waals surface area (Å²) < 4.78 is 11.1. The van der Waals surface area contributed by atoms with Crippen LogP contribution in [0.15, 0.2) is 22.7 Å². The van der Waals surface area contributed by atoms with E-state index in [0.717, 1.165) is 0 Å². The number of aliphatic hydroxyl groups is 3. The molecule has 10 heteroatoms. The van der Waals surface area contributed by atoms with E-state index in [4.69, 9.17) is 26.2 Å². The summed E-state index contributed by atoms with van der Waals surface area (Å²) in [6, 6.07) is 5.03. The number of carboxylic acid groups (broad SMARTS) is 1. The van der Waals surface area contributed by atoms with Crippen LogP contribution in [0.4, 0.5) is 0 Å². The molecule has 0 saturated carbocycles. The minimum atomic E-state index is -1.77. The number of aliphatic hydroxyl groups excluding tert-OH is 3. The van der Waals surface area contributed by atoms with Crippen LogP contribution in [0.5, 0.6) is 5.88 Å². The SMILES string of the molecule is O=C(O)[C@H]1OC(Oc2cc3c(Cl)c(Br)ccc3[nH]2)[C@H](O)[C@@H](O)[C@@H]1O. The maximum atomic E-state index is 11.1. The van der Waals surface area contributed by atoms with Crippen molar-refractivity contribution in [1.82, 2.24) is 4.98 Å². The second-order valence-electron chi connectivity index (χ2n) is 5.31. The Morgan fingerprint density at radius 2 is 1.96 bits per heavy atom. The fourth-order valence-electron chi connectivity index (χ4n) is 2.45. The van der Waals surface area contributed by atoms with E-state index >= 15 is 0 Å². The first-order valence-corrected chi connectivity index (χ1v) is 8.02. The van der Waals surface area contributed by atoms with Crippen LogP contribution in [0.1, 0.15) is 0 Å². The van der Waals surface area contributed by atoms with Crippen LogP contribution in [0.2, 0.25) is 5.02 Å². The molecule has 0 spiro atoms. The molecule has 2 heterocycles. The van der Waals surface area contributed by atoms with Gasteiger partial charge in [0.15, 0.2) is 12.0 Å². The number of fused-ring (bicyclic) bond motifs is 1. The van der Waals surface area contributed by atoms with Crippen LogP contribution in [0, 0.1) is 0 Å². The summed E-state index contributed by atoms with van der Waals surface area (Å²) in [5.41, 5.74) is 0.652. The quantitative estimate of drug-likeness (QED) is 0.495. The average molecular weight is 423 g/mol. The number of carbonyl (C=O) groups is 1. The molecule has 1 aliphatic heterocycles. The normalized spacial score (nSPS) is 30.5. The van der Waals surface area contributed by atoms with E-state index in [-0.39, 0.29) is 5.88 Å². The van der Waals surface area contributed by atoms with E-state index < -0.39 is 36.7 Å².